The highest BCUT2D eigenvalue weighted by Gasteiger charge is 2.21. The second-order valence-electron chi connectivity index (χ2n) is 3.80. The smallest absolute Gasteiger partial charge is 0.341 e. The molecule has 0 fully saturated rings. The summed E-state index contributed by atoms with van der Waals surface area (Å²) in [6.07, 6.45) is 1.76. The monoisotopic (exact) mass is 237 g/mol. The fraction of sp³-hybridized carbons (Fsp3) is 0.182. The maximum absolute atomic E-state index is 6.16. The van der Waals surface area contributed by atoms with Crippen molar-refractivity contribution in [1.29, 1.82) is 0 Å². The van der Waals surface area contributed by atoms with Crippen LogP contribution in [0.1, 0.15) is 0 Å². The zero-order chi connectivity index (χ0) is 10.9. The number of aromatic nitrogens is 1. The lowest BCUT2D eigenvalue weighted by Gasteiger charge is -2.17. The van der Waals surface area contributed by atoms with Gasteiger partial charge in [-0.25, -0.2) is 0 Å². The Bertz CT molecular complexity index is 476. The van der Waals surface area contributed by atoms with Gasteiger partial charge in [0.1, 0.15) is 11.3 Å². The molecule has 0 saturated heterocycles. The molecular formula is C11H12ClNOSi. The lowest BCUT2D eigenvalue weighted by Crippen LogP contribution is -2.26. The van der Waals surface area contributed by atoms with Gasteiger partial charge in [-0.3, -0.25) is 4.98 Å². The maximum atomic E-state index is 6.16. The highest BCUT2D eigenvalue weighted by molar-refractivity contribution is 7.15. The molecular weight excluding hydrogens is 226 g/mol. The SMILES string of the molecule is C[Si](C)(Cl)Oc1cccc2cccnc12. The van der Waals surface area contributed by atoms with Crippen molar-refractivity contribution < 1.29 is 4.43 Å². The number of benzene rings is 1. The number of hydrogen-bond donors (Lipinski definition) is 0. The number of para-hydroxylation sites is 1. The molecule has 15 heavy (non-hydrogen) atoms. The summed E-state index contributed by atoms with van der Waals surface area (Å²) in [4.78, 5) is 4.30. The minimum absolute atomic E-state index is 0.778. The van der Waals surface area contributed by atoms with Crippen LogP contribution >= 0.6 is 11.1 Å². The molecule has 0 N–H and O–H groups in total. The molecule has 0 spiro atoms. The van der Waals surface area contributed by atoms with Gasteiger partial charge in [-0.15, -0.1) is 11.1 Å². The van der Waals surface area contributed by atoms with Crippen LogP contribution in [0.15, 0.2) is 36.5 Å². The molecule has 2 rings (SSSR count). The van der Waals surface area contributed by atoms with E-state index in [-0.39, 0.29) is 0 Å². The number of nitrogens with zero attached hydrogens (tertiary/aromatic N) is 1. The van der Waals surface area contributed by atoms with Gasteiger partial charge in [0.05, 0.1) is 0 Å². The van der Waals surface area contributed by atoms with Crippen molar-refractivity contribution in [1.82, 2.24) is 4.98 Å². The topological polar surface area (TPSA) is 22.1 Å². The average Bonchev–Trinajstić information content (AvgIpc) is 2.16. The van der Waals surface area contributed by atoms with E-state index in [1.165, 1.54) is 0 Å². The van der Waals surface area contributed by atoms with E-state index >= 15 is 0 Å². The largest absolute Gasteiger partial charge is 0.528 e. The third-order valence-corrected chi connectivity index (χ3v) is 2.89. The van der Waals surface area contributed by atoms with Gasteiger partial charge in [-0.2, -0.15) is 0 Å². The zero-order valence-electron chi connectivity index (χ0n) is 8.70. The van der Waals surface area contributed by atoms with Crippen molar-refractivity contribution in [3.63, 3.8) is 0 Å². The Morgan fingerprint density at radius 3 is 2.67 bits per heavy atom. The van der Waals surface area contributed by atoms with Gasteiger partial charge in [0, 0.05) is 11.6 Å². The number of hydrogen-bond acceptors (Lipinski definition) is 2. The summed E-state index contributed by atoms with van der Waals surface area (Å²) in [5.74, 6) is 0.778. The third kappa shape index (κ3) is 2.49. The van der Waals surface area contributed by atoms with Crippen molar-refractivity contribution in [2.75, 3.05) is 0 Å². The van der Waals surface area contributed by atoms with Gasteiger partial charge in [0.2, 0.25) is 0 Å². The molecule has 0 bridgehead atoms. The van der Waals surface area contributed by atoms with Crippen LogP contribution in [0.4, 0.5) is 0 Å². The van der Waals surface area contributed by atoms with E-state index in [4.69, 9.17) is 15.5 Å². The van der Waals surface area contributed by atoms with Crippen LogP contribution in [0.25, 0.3) is 10.9 Å². The van der Waals surface area contributed by atoms with Crippen molar-refractivity contribution in [2.45, 2.75) is 13.1 Å². The van der Waals surface area contributed by atoms with Gasteiger partial charge in [0.15, 0.2) is 0 Å². The highest BCUT2D eigenvalue weighted by atomic mass is 35.6. The van der Waals surface area contributed by atoms with Crippen molar-refractivity contribution in [3.05, 3.63) is 36.5 Å². The molecule has 2 nitrogen and oxygen atoms in total. The van der Waals surface area contributed by atoms with Crippen molar-refractivity contribution >= 4 is 29.6 Å². The number of pyridine rings is 1. The van der Waals surface area contributed by atoms with Crippen LogP contribution in [-0.4, -0.2) is 12.6 Å². The van der Waals surface area contributed by atoms with Crippen LogP contribution in [-0.2, 0) is 0 Å². The molecule has 0 aliphatic rings. The molecule has 4 heteroatoms. The lowest BCUT2D eigenvalue weighted by molar-refractivity contribution is 0.577. The van der Waals surface area contributed by atoms with E-state index in [9.17, 15) is 0 Å². The van der Waals surface area contributed by atoms with Crippen LogP contribution in [0.2, 0.25) is 13.1 Å². The maximum Gasteiger partial charge on any atom is 0.341 e. The van der Waals surface area contributed by atoms with Gasteiger partial charge in [-0.05, 0) is 25.2 Å². The minimum Gasteiger partial charge on any atom is -0.528 e. The Balaban J connectivity index is 2.52. The van der Waals surface area contributed by atoms with Gasteiger partial charge >= 0.3 is 7.63 Å². The molecule has 0 radical (unpaired) electrons. The average molecular weight is 238 g/mol. The standard InChI is InChI=1S/C11H12ClNOSi/c1-15(2,12)14-10-7-3-5-9-6-4-8-13-11(9)10/h3-8H,1-2H3. The van der Waals surface area contributed by atoms with Crippen molar-refractivity contribution in [2.24, 2.45) is 0 Å². The molecule has 0 saturated carbocycles. The first kappa shape index (κ1) is 10.5. The molecule has 0 atom stereocenters. The first-order valence-electron chi connectivity index (χ1n) is 4.78. The number of fused-ring (bicyclic) bond motifs is 1. The van der Waals surface area contributed by atoms with E-state index in [1.807, 2.05) is 43.4 Å². The van der Waals surface area contributed by atoms with Crippen LogP contribution in [0, 0.1) is 0 Å². The first-order valence-corrected chi connectivity index (χ1v) is 8.70. The van der Waals surface area contributed by atoms with E-state index in [0.717, 1.165) is 16.7 Å². The molecule has 1 heterocycles. The summed E-state index contributed by atoms with van der Waals surface area (Å²) >= 11 is 6.16. The Morgan fingerprint density at radius 1 is 1.20 bits per heavy atom. The summed E-state index contributed by atoms with van der Waals surface area (Å²) < 4.78 is 5.76. The lowest BCUT2D eigenvalue weighted by atomic mass is 10.2. The van der Waals surface area contributed by atoms with E-state index < -0.39 is 7.63 Å². The quantitative estimate of drug-likeness (QED) is 0.589. The number of halogens is 1. The molecule has 0 aliphatic carbocycles. The summed E-state index contributed by atoms with van der Waals surface area (Å²) in [5, 5.41) is 1.07. The van der Waals surface area contributed by atoms with E-state index in [0.29, 0.717) is 0 Å². The van der Waals surface area contributed by atoms with Crippen LogP contribution in [0.3, 0.4) is 0 Å². The summed E-state index contributed by atoms with van der Waals surface area (Å²) in [6.45, 7) is 3.88. The molecule has 78 valence electrons. The molecule has 1 aromatic carbocycles. The van der Waals surface area contributed by atoms with Crippen LogP contribution < -0.4 is 4.43 Å². The van der Waals surface area contributed by atoms with Gasteiger partial charge < -0.3 is 4.43 Å². The Kier molecular flexibility index (Phi) is 2.67. The number of rotatable bonds is 2. The summed E-state index contributed by atoms with van der Waals surface area (Å²) in [5.41, 5.74) is 0.876. The zero-order valence-corrected chi connectivity index (χ0v) is 10.5. The predicted molar refractivity (Wildman–Crippen MR) is 65.7 cm³/mol. The van der Waals surface area contributed by atoms with Crippen LogP contribution in [0.5, 0.6) is 5.75 Å². The second kappa shape index (κ2) is 3.83. The second-order valence-corrected chi connectivity index (χ2v) is 9.46. The van der Waals surface area contributed by atoms with E-state index in [1.54, 1.807) is 6.20 Å². The van der Waals surface area contributed by atoms with E-state index in [2.05, 4.69) is 4.98 Å². The minimum atomic E-state index is -2.08. The summed E-state index contributed by atoms with van der Waals surface area (Å²) in [7, 11) is -2.08. The fourth-order valence-corrected chi connectivity index (χ4v) is 2.36. The van der Waals surface area contributed by atoms with Gasteiger partial charge in [-0.1, -0.05) is 18.2 Å². The normalized spacial score (nSPS) is 11.7. The Morgan fingerprint density at radius 2 is 1.93 bits per heavy atom. The predicted octanol–water partition coefficient (Wildman–Crippen LogP) is 3.55. The Hall–Kier alpha value is -1.06. The molecule has 0 aliphatic heterocycles. The third-order valence-electron chi connectivity index (χ3n) is 1.95. The first-order chi connectivity index (χ1) is 7.06. The highest BCUT2D eigenvalue weighted by Crippen LogP contribution is 2.26. The van der Waals surface area contributed by atoms with Crippen molar-refractivity contribution in [3.8, 4) is 5.75 Å². The molecule has 0 amide bonds. The summed E-state index contributed by atoms with van der Waals surface area (Å²) in [6, 6.07) is 9.80. The Labute approximate surface area is 94.7 Å². The fourth-order valence-electron chi connectivity index (χ4n) is 1.42. The molecule has 1 aromatic heterocycles. The van der Waals surface area contributed by atoms with Gasteiger partial charge in [0.25, 0.3) is 0 Å². The molecule has 2 aromatic rings. The molecule has 0 unspecified atom stereocenters.